The van der Waals surface area contributed by atoms with Crippen LogP contribution in [0.1, 0.15) is 17.3 Å². The Labute approximate surface area is 96.8 Å². The van der Waals surface area contributed by atoms with Crippen molar-refractivity contribution >= 4 is 5.97 Å². The van der Waals surface area contributed by atoms with Crippen molar-refractivity contribution < 1.29 is 28.2 Å². The van der Waals surface area contributed by atoms with Crippen LogP contribution in [0.3, 0.4) is 0 Å². The van der Waals surface area contributed by atoms with E-state index in [1.165, 1.54) is 24.3 Å². The van der Waals surface area contributed by atoms with E-state index in [1.807, 2.05) is 0 Å². The van der Waals surface area contributed by atoms with Crippen LogP contribution in [-0.2, 0) is 4.74 Å². The Morgan fingerprint density at radius 1 is 1.35 bits per heavy atom. The summed E-state index contributed by atoms with van der Waals surface area (Å²) in [7, 11) is 0. The maximum Gasteiger partial charge on any atom is 0.421 e. The van der Waals surface area contributed by atoms with E-state index in [2.05, 4.69) is 9.47 Å². The van der Waals surface area contributed by atoms with Gasteiger partial charge in [-0.15, -0.1) is 0 Å². The fourth-order valence-electron chi connectivity index (χ4n) is 1.09. The van der Waals surface area contributed by atoms with Crippen LogP contribution >= 0.6 is 0 Å². The van der Waals surface area contributed by atoms with Gasteiger partial charge < -0.3 is 14.6 Å². The Kier molecular flexibility index (Phi) is 4.39. The van der Waals surface area contributed by atoms with E-state index in [9.17, 15) is 13.6 Å². The zero-order chi connectivity index (χ0) is 12.9. The number of benzene rings is 1. The predicted octanol–water partition coefficient (Wildman–Crippen LogP) is 2.39. The lowest BCUT2D eigenvalue weighted by molar-refractivity contribution is -0.210. The lowest BCUT2D eigenvalue weighted by Crippen LogP contribution is -2.30. The molecule has 1 N–H and O–H groups in total. The monoisotopic (exact) mass is 246 g/mol. The Hall–Kier alpha value is -1.69. The summed E-state index contributed by atoms with van der Waals surface area (Å²) in [4.78, 5) is 10.5. The van der Waals surface area contributed by atoms with Gasteiger partial charge in [-0.2, -0.15) is 8.78 Å². The van der Waals surface area contributed by atoms with E-state index >= 15 is 0 Å². The molecule has 0 spiro atoms. The minimum atomic E-state index is -3.43. The van der Waals surface area contributed by atoms with Crippen LogP contribution in [0.15, 0.2) is 24.3 Å². The highest BCUT2D eigenvalue weighted by molar-refractivity contribution is 5.87. The molecule has 4 nitrogen and oxygen atoms in total. The molecule has 17 heavy (non-hydrogen) atoms. The molecule has 94 valence electrons. The van der Waals surface area contributed by atoms with Gasteiger partial charge in [0.2, 0.25) is 0 Å². The van der Waals surface area contributed by atoms with Crippen molar-refractivity contribution in [3.8, 4) is 5.75 Å². The smallest absolute Gasteiger partial charge is 0.421 e. The lowest BCUT2D eigenvalue weighted by Gasteiger charge is -2.17. The van der Waals surface area contributed by atoms with E-state index in [1.54, 1.807) is 6.92 Å². The van der Waals surface area contributed by atoms with E-state index in [-0.39, 0.29) is 17.9 Å². The van der Waals surface area contributed by atoms with Gasteiger partial charge in [0.1, 0.15) is 5.75 Å². The van der Waals surface area contributed by atoms with Gasteiger partial charge in [-0.1, -0.05) is 0 Å². The molecule has 0 amide bonds. The molecule has 6 heteroatoms. The number of rotatable bonds is 6. The van der Waals surface area contributed by atoms with Crippen LogP contribution in [-0.4, -0.2) is 30.4 Å². The third kappa shape index (κ3) is 4.36. The first kappa shape index (κ1) is 13.4. The average Bonchev–Trinajstić information content (AvgIpc) is 2.26. The molecule has 1 aromatic carbocycles. The number of carboxylic acids is 1. The second kappa shape index (κ2) is 5.58. The van der Waals surface area contributed by atoms with Crippen LogP contribution in [0.5, 0.6) is 5.75 Å². The van der Waals surface area contributed by atoms with Crippen molar-refractivity contribution in [2.45, 2.75) is 13.0 Å². The van der Waals surface area contributed by atoms with Crippen molar-refractivity contribution in [2.24, 2.45) is 0 Å². The first-order valence-corrected chi connectivity index (χ1v) is 4.92. The van der Waals surface area contributed by atoms with Gasteiger partial charge in [0.05, 0.1) is 5.56 Å². The van der Waals surface area contributed by atoms with E-state index in [0.717, 1.165) is 0 Å². The molecular weight excluding hydrogens is 234 g/mol. The molecule has 0 fully saturated rings. The number of halogens is 2. The molecule has 1 rings (SSSR count). The first-order chi connectivity index (χ1) is 7.94. The minimum Gasteiger partial charge on any atom is -0.478 e. The van der Waals surface area contributed by atoms with Gasteiger partial charge in [-0.3, -0.25) is 0 Å². The van der Waals surface area contributed by atoms with Gasteiger partial charge in [-0.25, -0.2) is 4.79 Å². The largest absolute Gasteiger partial charge is 0.478 e. The van der Waals surface area contributed by atoms with E-state index in [0.29, 0.717) is 0 Å². The summed E-state index contributed by atoms with van der Waals surface area (Å²) in [5, 5.41) is 8.62. The van der Waals surface area contributed by atoms with Crippen LogP contribution < -0.4 is 4.74 Å². The summed E-state index contributed by atoms with van der Waals surface area (Å²) in [6.45, 7) is 0.915. The molecule has 0 heterocycles. The Bertz CT molecular complexity index is 376. The first-order valence-electron chi connectivity index (χ1n) is 4.92. The number of hydrogen-bond donors (Lipinski definition) is 1. The maximum absolute atomic E-state index is 13.1. The number of hydrogen-bond acceptors (Lipinski definition) is 3. The Balaban J connectivity index is 2.65. The summed E-state index contributed by atoms with van der Waals surface area (Å²) in [5.74, 6) is -1.24. The molecule has 0 radical (unpaired) electrons. The summed E-state index contributed by atoms with van der Waals surface area (Å²) in [6.07, 6.45) is -3.43. The summed E-state index contributed by atoms with van der Waals surface area (Å²) in [5.41, 5.74) is 0.00507. The predicted molar refractivity (Wildman–Crippen MR) is 55.5 cm³/mol. The van der Waals surface area contributed by atoms with Crippen molar-refractivity contribution in [1.82, 2.24) is 0 Å². The van der Waals surface area contributed by atoms with E-state index < -0.39 is 18.7 Å². The van der Waals surface area contributed by atoms with Crippen LogP contribution in [0.2, 0.25) is 0 Å². The molecule has 1 aromatic rings. The van der Waals surface area contributed by atoms with Crippen LogP contribution in [0.4, 0.5) is 8.78 Å². The fourth-order valence-corrected chi connectivity index (χ4v) is 1.09. The number of carboxylic acid groups (broad SMARTS) is 1. The molecule has 0 saturated carbocycles. The number of ether oxygens (including phenoxy) is 2. The lowest BCUT2D eigenvalue weighted by atomic mass is 10.2. The molecule has 0 aliphatic carbocycles. The Morgan fingerprint density at radius 3 is 2.41 bits per heavy atom. The zero-order valence-electron chi connectivity index (χ0n) is 9.15. The summed E-state index contributed by atoms with van der Waals surface area (Å²) < 4.78 is 35.1. The van der Waals surface area contributed by atoms with Crippen LogP contribution in [0.25, 0.3) is 0 Å². The van der Waals surface area contributed by atoms with Gasteiger partial charge in [0.15, 0.2) is 6.61 Å². The third-order valence-corrected chi connectivity index (χ3v) is 1.84. The second-order valence-electron chi connectivity index (χ2n) is 3.21. The molecule has 0 aliphatic heterocycles. The molecule has 0 unspecified atom stereocenters. The number of alkyl halides is 2. The SMILES string of the molecule is CCOCC(F)(F)Oc1ccc(C(=O)O)cc1. The highest BCUT2D eigenvalue weighted by Crippen LogP contribution is 2.22. The average molecular weight is 246 g/mol. The third-order valence-electron chi connectivity index (χ3n) is 1.84. The quantitative estimate of drug-likeness (QED) is 0.837. The minimum absolute atomic E-state index is 0.00507. The van der Waals surface area contributed by atoms with Crippen molar-refractivity contribution in [3.05, 3.63) is 29.8 Å². The van der Waals surface area contributed by atoms with Gasteiger partial charge in [0, 0.05) is 6.61 Å². The molecule has 0 aliphatic rings. The Morgan fingerprint density at radius 2 is 1.94 bits per heavy atom. The summed E-state index contributed by atoms with van der Waals surface area (Å²) >= 11 is 0. The van der Waals surface area contributed by atoms with Crippen LogP contribution in [0, 0.1) is 0 Å². The number of aromatic carboxylic acids is 1. The normalized spacial score (nSPS) is 11.2. The molecule has 0 aromatic heterocycles. The standard InChI is InChI=1S/C11H12F2O4/c1-2-16-7-11(12,13)17-9-5-3-8(4-6-9)10(14)15/h3-6H,2,7H2,1H3,(H,14,15). The zero-order valence-corrected chi connectivity index (χ0v) is 9.15. The van der Waals surface area contributed by atoms with Gasteiger partial charge in [0.25, 0.3) is 0 Å². The molecule has 0 saturated heterocycles. The van der Waals surface area contributed by atoms with Gasteiger partial charge >= 0.3 is 12.1 Å². The summed E-state index contributed by atoms with van der Waals surface area (Å²) in [6, 6.07) is 4.72. The highest BCUT2D eigenvalue weighted by atomic mass is 19.3. The van der Waals surface area contributed by atoms with Crippen molar-refractivity contribution in [2.75, 3.05) is 13.2 Å². The van der Waals surface area contributed by atoms with Crippen molar-refractivity contribution in [3.63, 3.8) is 0 Å². The van der Waals surface area contributed by atoms with E-state index in [4.69, 9.17) is 5.11 Å². The number of carbonyl (C=O) groups is 1. The highest BCUT2D eigenvalue weighted by Gasteiger charge is 2.31. The molecule has 0 bridgehead atoms. The maximum atomic E-state index is 13.1. The topological polar surface area (TPSA) is 55.8 Å². The van der Waals surface area contributed by atoms with Crippen molar-refractivity contribution in [1.29, 1.82) is 0 Å². The second-order valence-corrected chi connectivity index (χ2v) is 3.21. The van der Waals surface area contributed by atoms with Gasteiger partial charge in [-0.05, 0) is 31.2 Å². The molecular formula is C11H12F2O4. The molecule has 0 atom stereocenters. The fraction of sp³-hybridized carbons (Fsp3) is 0.364.